The van der Waals surface area contributed by atoms with E-state index in [4.69, 9.17) is 9.47 Å². The van der Waals surface area contributed by atoms with Crippen LogP contribution in [0.15, 0.2) is 53.0 Å². The van der Waals surface area contributed by atoms with E-state index in [9.17, 15) is 9.90 Å². The Kier molecular flexibility index (Phi) is 3.37. The summed E-state index contributed by atoms with van der Waals surface area (Å²) in [5, 5.41) is 10.5. The Morgan fingerprint density at radius 3 is 2.79 bits per heavy atom. The van der Waals surface area contributed by atoms with Crippen molar-refractivity contribution in [3.8, 4) is 17.0 Å². The summed E-state index contributed by atoms with van der Waals surface area (Å²) in [6.07, 6.45) is 2.08. The highest BCUT2D eigenvalue weighted by molar-refractivity contribution is 5.65. The molecule has 0 saturated carbocycles. The molecule has 3 heterocycles. The Morgan fingerprint density at radius 1 is 1.33 bits per heavy atom. The summed E-state index contributed by atoms with van der Waals surface area (Å²) in [6, 6.07) is 9.46. The van der Waals surface area contributed by atoms with Crippen LogP contribution in [0.5, 0.6) is 5.88 Å². The molecule has 1 aromatic carbocycles. The van der Waals surface area contributed by atoms with Gasteiger partial charge in [-0.25, -0.2) is 0 Å². The first-order valence-corrected chi connectivity index (χ1v) is 8.00. The van der Waals surface area contributed by atoms with Crippen molar-refractivity contribution < 1.29 is 14.6 Å². The van der Waals surface area contributed by atoms with Gasteiger partial charge in [0.1, 0.15) is 6.10 Å². The number of benzene rings is 1. The summed E-state index contributed by atoms with van der Waals surface area (Å²) in [6.45, 7) is 4.02. The highest BCUT2D eigenvalue weighted by Crippen LogP contribution is 2.48. The maximum atomic E-state index is 13.2. The number of fused-ring (bicyclic) bond motifs is 3. The molecular formula is C19H19NO4. The molecule has 5 heteroatoms. The van der Waals surface area contributed by atoms with E-state index < -0.39 is 17.8 Å². The molecule has 2 aliphatic heterocycles. The van der Waals surface area contributed by atoms with Crippen molar-refractivity contribution in [1.82, 2.24) is 4.98 Å². The van der Waals surface area contributed by atoms with Crippen molar-refractivity contribution in [2.75, 3.05) is 6.61 Å². The van der Waals surface area contributed by atoms with E-state index in [1.165, 1.54) is 0 Å². The van der Waals surface area contributed by atoms with Crippen LogP contribution in [0, 0.1) is 0 Å². The molecule has 4 rings (SSSR count). The minimum Gasteiger partial charge on any atom is -0.470 e. The Morgan fingerprint density at radius 2 is 2.08 bits per heavy atom. The zero-order valence-electron chi connectivity index (χ0n) is 13.6. The Hall–Kier alpha value is -2.37. The van der Waals surface area contributed by atoms with E-state index >= 15 is 0 Å². The molecule has 24 heavy (non-hydrogen) atoms. The third-order valence-electron chi connectivity index (χ3n) is 5.08. The average Bonchev–Trinajstić information content (AvgIpc) is 2.92. The van der Waals surface area contributed by atoms with Gasteiger partial charge < -0.3 is 19.6 Å². The van der Waals surface area contributed by atoms with E-state index in [1.807, 2.05) is 50.3 Å². The van der Waals surface area contributed by atoms with Crippen LogP contribution in [0.3, 0.4) is 0 Å². The summed E-state index contributed by atoms with van der Waals surface area (Å²) < 4.78 is 11.5. The molecule has 124 valence electrons. The third kappa shape index (κ3) is 1.92. The molecule has 3 unspecified atom stereocenters. The molecule has 2 N–H and O–H groups in total. The number of H-pyrrole nitrogens is 1. The largest absolute Gasteiger partial charge is 0.470 e. The molecule has 2 aromatic rings. The molecule has 0 spiro atoms. The number of aromatic amines is 1. The van der Waals surface area contributed by atoms with Crippen molar-refractivity contribution >= 4 is 0 Å². The van der Waals surface area contributed by atoms with E-state index in [0.29, 0.717) is 23.6 Å². The Labute approximate surface area is 139 Å². The standard InChI is InChI=1S/C19H19NO4/c1-3-11-10-23-18(22)19(2)14-15(21)13(12-7-5-4-6-8-12)9-20-17(14)24-16(11)19/h3-9,16,18,22H,10H2,1-2H3,(H,20,21)/b11-3+. The molecule has 0 aliphatic carbocycles. The first kappa shape index (κ1) is 15.2. The molecule has 0 bridgehead atoms. The summed E-state index contributed by atoms with van der Waals surface area (Å²) in [4.78, 5) is 16.3. The number of rotatable bonds is 1. The van der Waals surface area contributed by atoms with Gasteiger partial charge in [-0.1, -0.05) is 36.4 Å². The maximum Gasteiger partial charge on any atom is 0.199 e. The average molecular weight is 325 g/mol. The highest BCUT2D eigenvalue weighted by Gasteiger charge is 2.57. The van der Waals surface area contributed by atoms with Crippen LogP contribution in [-0.4, -0.2) is 29.1 Å². The fraction of sp³-hybridized carbons (Fsp3) is 0.316. The first-order chi connectivity index (χ1) is 11.6. The molecule has 1 saturated heterocycles. The third-order valence-corrected chi connectivity index (χ3v) is 5.08. The predicted octanol–water partition coefficient (Wildman–Crippen LogP) is 2.36. The van der Waals surface area contributed by atoms with Gasteiger partial charge >= 0.3 is 0 Å². The van der Waals surface area contributed by atoms with Crippen LogP contribution < -0.4 is 10.2 Å². The van der Waals surface area contributed by atoms with Crippen molar-refractivity contribution in [2.45, 2.75) is 31.7 Å². The zero-order chi connectivity index (χ0) is 16.9. The van der Waals surface area contributed by atoms with Gasteiger partial charge in [-0.05, 0) is 25.0 Å². The molecule has 1 fully saturated rings. The van der Waals surface area contributed by atoms with Gasteiger partial charge in [-0.15, -0.1) is 0 Å². The molecule has 1 aromatic heterocycles. The maximum absolute atomic E-state index is 13.2. The minimum atomic E-state index is -1.10. The van der Waals surface area contributed by atoms with Crippen LogP contribution in [0.1, 0.15) is 19.4 Å². The number of aromatic nitrogens is 1. The number of ether oxygens (including phenoxy) is 2. The quantitative estimate of drug-likeness (QED) is 0.790. The lowest BCUT2D eigenvalue weighted by molar-refractivity contribution is -0.170. The van der Waals surface area contributed by atoms with Gasteiger partial charge in [-0.2, -0.15) is 0 Å². The van der Waals surface area contributed by atoms with Gasteiger partial charge in [0.2, 0.25) is 0 Å². The van der Waals surface area contributed by atoms with E-state index in [-0.39, 0.29) is 5.43 Å². The van der Waals surface area contributed by atoms with Crippen molar-refractivity contribution in [2.24, 2.45) is 0 Å². The van der Waals surface area contributed by atoms with Crippen molar-refractivity contribution in [1.29, 1.82) is 0 Å². The Balaban J connectivity index is 1.93. The van der Waals surface area contributed by atoms with Crippen LogP contribution in [0.2, 0.25) is 0 Å². The monoisotopic (exact) mass is 325 g/mol. The molecule has 2 aliphatic rings. The zero-order valence-corrected chi connectivity index (χ0v) is 13.6. The summed E-state index contributed by atoms with van der Waals surface area (Å²) in [5.41, 5.74) is 1.67. The highest BCUT2D eigenvalue weighted by atomic mass is 16.6. The SMILES string of the molecule is C/C=C1\COC(O)C2(C)c3c([nH]cc(-c4ccccc4)c3=O)OC12. The fourth-order valence-electron chi connectivity index (χ4n) is 3.67. The second-order valence-electron chi connectivity index (χ2n) is 6.41. The van der Waals surface area contributed by atoms with E-state index in [0.717, 1.165) is 11.1 Å². The topological polar surface area (TPSA) is 71.5 Å². The lowest BCUT2D eigenvalue weighted by Crippen LogP contribution is -2.54. The summed E-state index contributed by atoms with van der Waals surface area (Å²) >= 11 is 0. The smallest absolute Gasteiger partial charge is 0.199 e. The number of aliphatic hydroxyl groups excluding tert-OH is 1. The Bertz CT molecular complexity index is 871. The first-order valence-electron chi connectivity index (χ1n) is 8.00. The number of hydrogen-bond acceptors (Lipinski definition) is 4. The van der Waals surface area contributed by atoms with E-state index in [2.05, 4.69) is 4.98 Å². The number of hydrogen-bond donors (Lipinski definition) is 2. The number of pyridine rings is 1. The molecular weight excluding hydrogens is 306 g/mol. The van der Waals surface area contributed by atoms with Crippen LogP contribution in [0.4, 0.5) is 0 Å². The summed E-state index contributed by atoms with van der Waals surface area (Å²) in [5.74, 6) is 0.413. The van der Waals surface area contributed by atoms with Gasteiger partial charge in [0, 0.05) is 11.8 Å². The van der Waals surface area contributed by atoms with E-state index in [1.54, 1.807) is 6.20 Å². The molecule has 0 amide bonds. The fourth-order valence-corrected chi connectivity index (χ4v) is 3.67. The second kappa shape index (κ2) is 5.33. The molecule has 0 radical (unpaired) electrons. The lowest BCUT2D eigenvalue weighted by atomic mass is 9.74. The summed E-state index contributed by atoms with van der Waals surface area (Å²) in [7, 11) is 0. The van der Waals surface area contributed by atoms with Crippen molar-refractivity contribution in [3.05, 3.63) is 64.0 Å². The normalized spacial score (nSPS) is 29.9. The number of allylic oxidation sites excluding steroid dienone is 1. The van der Waals surface area contributed by atoms with Gasteiger partial charge in [-0.3, -0.25) is 4.79 Å². The van der Waals surface area contributed by atoms with Crippen molar-refractivity contribution in [3.63, 3.8) is 0 Å². The van der Waals surface area contributed by atoms with Crippen LogP contribution >= 0.6 is 0 Å². The molecule has 3 atom stereocenters. The van der Waals surface area contributed by atoms with Gasteiger partial charge in [0.25, 0.3) is 0 Å². The second-order valence-corrected chi connectivity index (χ2v) is 6.41. The minimum absolute atomic E-state index is 0.139. The lowest BCUT2D eigenvalue weighted by Gasteiger charge is -2.39. The van der Waals surface area contributed by atoms with Crippen LogP contribution in [-0.2, 0) is 10.2 Å². The molecule has 5 nitrogen and oxygen atoms in total. The predicted molar refractivity (Wildman–Crippen MR) is 90.0 cm³/mol. The number of aliphatic hydroxyl groups is 1. The van der Waals surface area contributed by atoms with Gasteiger partial charge in [0.15, 0.2) is 17.6 Å². The van der Waals surface area contributed by atoms with Crippen LogP contribution in [0.25, 0.3) is 11.1 Å². The van der Waals surface area contributed by atoms with Gasteiger partial charge in [0.05, 0.1) is 17.6 Å². The number of nitrogens with one attached hydrogen (secondary N) is 1.